The van der Waals surface area contributed by atoms with Crippen molar-refractivity contribution in [2.45, 2.75) is 18.4 Å². The van der Waals surface area contributed by atoms with Crippen molar-refractivity contribution in [1.82, 2.24) is 15.0 Å². The molecule has 0 unspecified atom stereocenters. The second-order valence-corrected chi connectivity index (χ2v) is 8.16. The monoisotopic (exact) mass is 381 g/mol. The molecular formula is C15H19N5O5S. The summed E-state index contributed by atoms with van der Waals surface area (Å²) in [5, 5.41) is 15.0. The fourth-order valence-corrected chi connectivity index (χ4v) is 3.77. The predicted molar refractivity (Wildman–Crippen MR) is 92.7 cm³/mol. The third-order valence-corrected chi connectivity index (χ3v) is 5.34. The van der Waals surface area contributed by atoms with Gasteiger partial charge in [-0.25, -0.2) is 8.42 Å². The summed E-state index contributed by atoms with van der Waals surface area (Å²) in [5.74, 6) is 1.16. The Hall–Kier alpha value is -2.53. The smallest absolute Gasteiger partial charge is 0.288 e. The van der Waals surface area contributed by atoms with Gasteiger partial charge in [0, 0.05) is 51.1 Å². The number of piperazine rings is 1. The molecule has 140 valence electrons. The molecule has 1 saturated heterocycles. The maximum atomic E-state index is 11.9. The van der Waals surface area contributed by atoms with Crippen LogP contribution in [0.3, 0.4) is 0 Å². The van der Waals surface area contributed by atoms with Crippen molar-refractivity contribution >= 4 is 21.2 Å². The van der Waals surface area contributed by atoms with Crippen LogP contribution in [-0.2, 0) is 16.4 Å². The number of nitro groups is 1. The summed E-state index contributed by atoms with van der Waals surface area (Å²) in [5.41, 5.74) is 0.258. The first-order chi connectivity index (χ1) is 12.2. The molecule has 1 aliphatic heterocycles. The maximum Gasteiger partial charge on any atom is 0.288 e. The number of sulfone groups is 1. The Morgan fingerprint density at radius 1 is 1.27 bits per heavy atom. The summed E-state index contributed by atoms with van der Waals surface area (Å²) in [6.07, 6.45) is 0.976. The van der Waals surface area contributed by atoms with Crippen molar-refractivity contribution in [2.75, 3.05) is 37.3 Å². The van der Waals surface area contributed by atoms with Crippen LogP contribution in [-0.4, -0.2) is 60.8 Å². The first kappa shape index (κ1) is 18.3. The second kappa shape index (κ2) is 7.00. The van der Waals surface area contributed by atoms with Crippen LogP contribution in [0.5, 0.6) is 0 Å². The normalized spacial score (nSPS) is 16.0. The van der Waals surface area contributed by atoms with Crippen molar-refractivity contribution in [3.05, 3.63) is 40.0 Å². The van der Waals surface area contributed by atoms with Crippen LogP contribution in [0.25, 0.3) is 0 Å². The van der Waals surface area contributed by atoms with E-state index in [-0.39, 0.29) is 4.90 Å². The van der Waals surface area contributed by atoms with Gasteiger partial charge in [-0.3, -0.25) is 15.0 Å². The number of aromatic nitrogens is 2. The van der Waals surface area contributed by atoms with E-state index in [1.165, 1.54) is 12.1 Å². The summed E-state index contributed by atoms with van der Waals surface area (Å²) in [4.78, 5) is 18.5. The summed E-state index contributed by atoms with van der Waals surface area (Å²) >= 11 is 0. The van der Waals surface area contributed by atoms with E-state index in [9.17, 15) is 18.5 Å². The zero-order chi connectivity index (χ0) is 18.9. The average Bonchev–Trinajstić information content (AvgIpc) is 2.99. The highest BCUT2D eigenvalue weighted by molar-refractivity contribution is 7.90. The summed E-state index contributed by atoms with van der Waals surface area (Å²) in [6.45, 7) is 5.12. The maximum absolute atomic E-state index is 11.9. The quantitative estimate of drug-likeness (QED) is 0.551. The molecule has 0 amide bonds. The first-order valence-corrected chi connectivity index (χ1v) is 9.88. The number of benzene rings is 1. The van der Waals surface area contributed by atoms with Gasteiger partial charge in [-0.1, -0.05) is 5.16 Å². The lowest BCUT2D eigenvalue weighted by molar-refractivity contribution is -0.387. The highest BCUT2D eigenvalue weighted by Gasteiger charge is 2.25. The third-order valence-electron chi connectivity index (χ3n) is 4.21. The van der Waals surface area contributed by atoms with Gasteiger partial charge in [-0.2, -0.15) is 4.98 Å². The minimum Gasteiger partial charge on any atom is -0.369 e. The number of nitrogens with zero attached hydrogens (tertiary/aromatic N) is 5. The molecule has 2 aromatic rings. The molecule has 0 radical (unpaired) electrons. The molecule has 1 aromatic heterocycles. The lowest BCUT2D eigenvalue weighted by Crippen LogP contribution is -2.46. The lowest BCUT2D eigenvalue weighted by Gasteiger charge is -2.35. The van der Waals surface area contributed by atoms with Crippen LogP contribution in [0, 0.1) is 17.0 Å². The van der Waals surface area contributed by atoms with Crippen molar-refractivity contribution < 1.29 is 17.9 Å². The van der Waals surface area contributed by atoms with Crippen LogP contribution >= 0.6 is 0 Å². The van der Waals surface area contributed by atoms with E-state index in [1.807, 2.05) is 4.90 Å². The van der Waals surface area contributed by atoms with E-state index in [0.29, 0.717) is 37.0 Å². The molecule has 0 atom stereocenters. The first-order valence-electron chi connectivity index (χ1n) is 7.99. The summed E-state index contributed by atoms with van der Waals surface area (Å²) in [6, 6.07) is 4.22. The largest absolute Gasteiger partial charge is 0.369 e. The zero-order valence-corrected chi connectivity index (χ0v) is 15.3. The molecule has 0 N–H and O–H groups in total. The van der Waals surface area contributed by atoms with Gasteiger partial charge in [0.1, 0.15) is 4.90 Å². The Labute approximate surface area is 150 Å². The molecule has 1 fully saturated rings. The van der Waals surface area contributed by atoms with Gasteiger partial charge >= 0.3 is 0 Å². The van der Waals surface area contributed by atoms with Gasteiger partial charge in [-0.05, 0) is 12.1 Å². The fraction of sp³-hybridized carbons (Fsp3) is 0.467. The van der Waals surface area contributed by atoms with E-state index in [2.05, 4.69) is 15.0 Å². The SMILES string of the molecule is Cc1nc(CN2CCN(c3ccc([N+](=O)[O-])c(S(C)(=O)=O)c3)CC2)no1. The molecule has 0 aliphatic carbocycles. The van der Waals surface area contributed by atoms with E-state index >= 15 is 0 Å². The van der Waals surface area contributed by atoms with Gasteiger partial charge in [0.15, 0.2) is 15.7 Å². The van der Waals surface area contributed by atoms with Crippen molar-refractivity contribution in [1.29, 1.82) is 0 Å². The molecule has 26 heavy (non-hydrogen) atoms. The molecular weight excluding hydrogens is 362 g/mol. The Morgan fingerprint density at radius 3 is 2.50 bits per heavy atom. The molecule has 3 rings (SSSR count). The van der Waals surface area contributed by atoms with Crippen LogP contribution in [0.2, 0.25) is 0 Å². The van der Waals surface area contributed by atoms with Gasteiger partial charge in [-0.15, -0.1) is 0 Å². The van der Waals surface area contributed by atoms with E-state index < -0.39 is 20.4 Å². The number of hydrogen-bond donors (Lipinski definition) is 0. The molecule has 0 spiro atoms. The second-order valence-electron chi connectivity index (χ2n) is 6.17. The molecule has 0 bridgehead atoms. The third kappa shape index (κ3) is 3.99. The van der Waals surface area contributed by atoms with Gasteiger partial charge in [0.05, 0.1) is 11.5 Å². The number of rotatable bonds is 5. The molecule has 1 aromatic carbocycles. The van der Waals surface area contributed by atoms with Crippen LogP contribution in [0.15, 0.2) is 27.6 Å². The highest BCUT2D eigenvalue weighted by Crippen LogP contribution is 2.29. The zero-order valence-electron chi connectivity index (χ0n) is 14.5. The lowest BCUT2D eigenvalue weighted by atomic mass is 10.2. The number of nitro benzene ring substituents is 1. The molecule has 2 heterocycles. The van der Waals surface area contributed by atoms with Gasteiger partial charge < -0.3 is 9.42 Å². The standard InChI is InChI=1S/C15H19N5O5S/c1-11-16-15(17-25-11)10-18-5-7-19(8-6-18)12-3-4-13(20(21)22)14(9-12)26(2,23)24/h3-4,9H,5-8,10H2,1-2H3. The molecule has 0 saturated carbocycles. The summed E-state index contributed by atoms with van der Waals surface area (Å²) < 4.78 is 28.8. The topological polar surface area (TPSA) is 123 Å². The van der Waals surface area contributed by atoms with Crippen molar-refractivity contribution in [3.8, 4) is 0 Å². The van der Waals surface area contributed by atoms with Gasteiger partial charge in [0.25, 0.3) is 5.69 Å². The van der Waals surface area contributed by atoms with Crippen LogP contribution in [0.1, 0.15) is 11.7 Å². The summed E-state index contributed by atoms with van der Waals surface area (Å²) in [7, 11) is -3.69. The average molecular weight is 381 g/mol. The van der Waals surface area contributed by atoms with Crippen molar-refractivity contribution in [3.63, 3.8) is 0 Å². The van der Waals surface area contributed by atoms with E-state index in [1.54, 1.807) is 13.0 Å². The predicted octanol–water partition coefficient (Wildman–Crippen LogP) is 1.01. The molecule has 11 heteroatoms. The van der Waals surface area contributed by atoms with E-state index in [4.69, 9.17) is 4.52 Å². The number of aryl methyl sites for hydroxylation is 1. The van der Waals surface area contributed by atoms with Gasteiger partial charge in [0.2, 0.25) is 5.89 Å². The van der Waals surface area contributed by atoms with Crippen LogP contribution in [0.4, 0.5) is 11.4 Å². The molecule has 1 aliphatic rings. The van der Waals surface area contributed by atoms with Crippen molar-refractivity contribution in [2.24, 2.45) is 0 Å². The Morgan fingerprint density at radius 2 is 1.96 bits per heavy atom. The number of hydrogen-bond acceptors (Lipinski definition) is 9. The number of anilines is 1. The molecule has 10 nitrogen and oxygen atoms in total. The minimum absolute atomic E-state index is 0.260. The Bertz CT molecular complexity index is 918. The Balaban J connectivity index is 1.72. The minimum atomic E-state index is -3.69. The van der Waals surface area contributed by atoms with E-state index in [0.717, 1.165) is 19.3 Å². The fourth-order valence-electron chi connectivity index (χ4n) is 2.92. The Kier molecular flexibility index (Phi) is 4.92. The van der Waals surface area contributed by atoms with Crippen LogP contribution < -0.4 is 4.90 Å². The highest BCUT2D eigenvalue weighted by atomic mass is 32.2.